The molecule has 0 spiro atoms. The Kier molecular flexibility index (Phi) is 6.86. The van der Waals surface area contributed by atoms with Gasteiger partial charge in [0.1, 0.15) is 6.61 Å². The first-order chi connectivity index (χ1) is 6.06. The number of amides is 1. The highest BCUT2D eigenvalue weighted by Crippen LogP contribution is 2.12. The number of carbonyl (C=O) groups excluding carboxylic acids is 1. The Hall–Kier alpha value is -0.380. The first-order valence-corrected chi connectivity index (χ1v) is 5.45. The number of rotatable bonds is 6. The molecule has 2 unspecified atom stereocenters. The summed E-state index contributed by atoms with van der Waals surface area (Å²) in [6, 6.07) is 0. The van der Waals surface area contributed by atoms with Crippen molar-refractivity contribution in [1.29, 1.82) is 0 Å². The number of nitrogens with one attached hydrogen (secondary N) is 1. The molecule has 2 N–H and O–H groups in total. The molecule has 0 radical (unpaired) electrons. The van der Waals surface area contributed by atoms with Crippen LogP contribution in [0.3, 0.4) is 0 Å². The highest BCUT2D eigenvalue weighted by atomic mass is 31.1. The molecular weight excluding hydrogens is 193 g/mol. The zero-order valence-corrected chi connectivity index (χ0v) is 8.87. The summed E-state index contributed by atoms with van der Waals surface area (Å²) in [6.07, 6.45) is 0.984. The Labute approximate surface area is 78.4 Å². The molecule has 0 rings (SSSR count). The van der Waals surface area contributed by atoms with E-state index in [1.165, 1.54) is 0 Å². The summed E-state index contributed by atoms with van der Waals surface area (Å²) in [7, 11) is -2.98. The molecule has 0 aliphatic heterocycles. The summed E-state index contributed by atoms with van der Waals surface area (Å²) in [5, 5.41) is 2.59. The summed E-state index contributed by atoms with van der Waals surface area (Å²) in [5.74, 6) is 0.0582. The predicted molar refractivity (Wildman–Crippen MR) is 49.6 cm³/mol. The number of hydrogen-bond acceptors (Lipinski definition) is 3. The molecular formula is C7H16NO4P. The van der Waals surface area contributed by atoms with E-state index in [4.69, 9.17) is 4.89 Å². The molecule has 1 amide bonds. The maximum absolute atomic E-state index is 10.9. The van der Waals surface area contributed by atoms with Crippen LogP contribution in [0, 0.1) is 5.92 Å². The molecule has 2 atom stereocenters. The molecule has 6 heteroatoms. The molecule has 0 saturated carbocycles. The molecule has 0 aromatic rings. The Morgan fingerprint density at radius 3 is 2.77 bits per heavy atom. The van der Waals surface area contributed by atoms with Gasteiger partial charge < -0.3 is 14.7 Å². The van der Waals surface area contributed by atoms with Gasteiger partial charge in [0.25, 0.3) is 0 Å². The van der Waals surface area contributed by atoms with E-state index in [9.17, 15) is 9.36 Å². The fraction of sp³-hybridized carbons (Fsp3) is 0.857. The summed E-state index contributed by atoms with van der Waals surface area (Å²) in [4.78, 5) is 19.2. The topological polar surface area (TPSA) is 75.6 Å². The van der Waals surface area contributed by atoms with Gasteiger partial charge in [-0.2, -0.15) is 0 Å². The van der Waals surface area contributed by atoms with Crippen LogP contribution < -0.4 is 5.32 Å². The van der Waals surface area contributed by atoms with Gasteiger partial charge in [-0.1, -0.05) is 20.3 Å². The smallest absolute Gasteiger partial charge is 0.317 e. The Bertz CT molecular complexity index is 185. The van der Waals surface area contributed by atoms with Gasteiger partial charge in [0.2, 0.25) is 5.91 Å². The lowest BCUT2D eigenvalue weighted by Gasteiger charge is -2.09. The van der Waals surface area contributed by atoms with E-state index in [-0.39, 0.29) is 12.5 Å². The minimum absolute atomic E-state index is 0.343. The van der Waals surface area contributed by atoms with Gasteiger partial charge in [-0.3, -0.25) is 9.36 Å². The molecule has 0 aliphatic rings. The van der Waals surface area contributed by atoms with Crippen molar-refractivity contribution in [3.63, 3.8) is 0 Å². The van der Waals surface area contributed by atoms with E-state index >= 15 is 0 Å². The van der Waals surface area contributed by atoms with Crippen LogP contribution in [0.4, 0.5) is 0 Å². The van der Waals surface area contributed by atoms with Gasteiger partial charge in [0.15, 0.2) is 0 Å². The van der Waals surface area contributed by atoms with Crippen LogP contribution in [0.5, 0.6) is 0 Å². The second-order valence-electron chi connectivity index (χ2n) is 2.87. The summed E-state index contributed by atoms with van der Waals surface area (Å²) in [5.41, 5.74) is 0. The Balaban J connectivity index is 3.46. The van der Waals surface area contributed by atoms with Crippen LogP contribution in [0.1, 0.15) is 20.3 Å². The molecule has 5 nitrogen and oxygen atoms in total. The van der Waals surface area contributed by atoms with Crippen LogP contribution in [-0.2, 0) is 13.9 Å². The van der Waals surface area contributed by atoms with Crippen LogP contribution >= 0.6 is 8.25 Å². The normalized spacial score (nSPS) is 15.0. The van der Waals surface area contributed by atoms with Gasteiger partial charge in [-0.05, 0) is 5.92 Å². The zero-order chi connectivity index (χ0) is 10.3. The SMILES string of the molecule is CCC(C)CNC(=O)CO[PH](=O)O. The highest BCUT2D eigenvalue weighted by Gasteiger charge is 2.04. The standard InChI is InChI=1S/C7H16NO4P/c1-3-6(2)4-8-7(9)5-12-13(10)11/h6,13H,3-5H2,1-2H3,(H,8,9)(H,10,11). The van der Waals surface area contributed by atoms with Crippen LogP contribution in [0.25, 0.3) is 0 Å². The maximum atomic E-state index is 10.9. The fourth-order valence-electron chi connectivity index (χ4n) is 0.611. The second kappa shape index (κ2) is 7.06. The third-order valence-electron chi connectivity index (χ3n) is 1.67. The third kappa shape index (κ3) is 7.96. The average molecular weight is 209 g/mol. The van der Waals surface area contributed by atoms with Crippen molar-refractivity contribution in [3.05, 3.63) is 0 Å². The third-order valence-corrected chi connectivity index (χ3v) is 2.06. The monoisotopic (exact) mass is 209 g/mol. The summed E-state index contributed by atoms with van der Waals surface area (Å²) in [6.45, 7) is 4.27. The molecule has 0 aromatic carbocycles. The van der Waals surface area contributed by atoms with Gasteiger partial charge >= 0.3 is 8.25 Å². The van der Waals surface area contributed by atoms with Crippen molar-refractivity contribution < 1.29 is 18.8 Å². The van der Waals surface area contributed by atoms with Crippen LogP contribution in [-0.4, -0.2) is 24.0 Å². The van der Waals surface area contributed by atoms with E-state index in [1.54, 1.807) is 0 Å². The van der Waals surface area contributed by atoms with Crippen molar-refractivity contribution >= 4 is 14.2 Å². The first kappa shape index (κ1) is 12.6. The predicted octanol–water partition coefficient (Wildman–Crippen LogP) is 0.547. The highest BCUT2D eigenvalue weighted by molar-refractivity contribution is 7.32. The molecule has 0 bridgehead atoms. The zero-order valence-electron chi connectivity index (χ0n) is 7.87. The molecule has 0 aliphatic carbocycles. The molecule has 78 valence electrons. The fourth-order valence-corrected chi connectivity index (χ4v) is 0.865. The van der Waals surface area contributed by atoms with E-state index < -0.39 is 8.25 Å². The molecule has 0 fully saturated rings. The van der Waals surface area contributed by atoms with Crippen molar-refractivity contribution in [2.75, 3.05) is 13.2 Å². The minimum atomic E-state index is -2.98. The van der Waals surface area contributed by atoms with Crippen molar-refractivity contribution in [1.82, 2.24) is 5.32 Å². The Morgan fingerprint density at radius 1 is 1.69 bits per heavy atom. The van der Waals surface area contributed by atoms with E-state index in [0.717, 1.165) is 6.42 Å². The van der Waals surface area contributed by atoms with Crippen molar-refractivity contribution in [3.8, 4) is 0 Å². The molecule has 0 heterocycles. The van der Waals surface area contributed by atoms with Gasteiger partial charge in [0, 0.05) is 6.54 Å². The molecule has 0 aromatic heterocycles. The summed E-state index contributed by atoms with van der Waals surface area (Å²) < 4.78 is 14.3. The average Bonchev–Trinajstić information content (AvgIpc) is 2.10. The minimum Gasteiger partial charge on any atom is -0.354 e. The Morgan fingerprint density at radius 2 is 2.31 bits per heavy atom. The van der Waals surface area contributed by atoms with Gasteiger partial charge in [-0.25, -0.2) is 0 Å². The van der Waals surface area contributed by atoms with E-state index in [2.05, 4.69) is 9.84 Å². The lowest BCUT2D eigenvalue weighted by molar-refractivity contribution is -0.123. The second-order valence-corrected chi connectivity index (χ2v) is 3.69. The number of hydrogen-bond donors (Lipinski definition) is 2. The van der Waals surface area contributed by atoms with E-state index in [1.807, 2.05) is 13.8 Å². The van der Waals surface area contributed by atoms with Gasteiger partial charge in [0.05, 0.1) is 0 Å². The lowest BCUT2D eigenvalue weighted by Crippen LogP contribution is -2.30. The van der Waals surface area contributed by atoms with Crippen molar-refractivity contribution in [2.24, 2.45) is 5.92 Å². The van der Waals surface area contributed by atoms with Crippen LogP contribution in [0.2, 0.25) is 0 Å². The van der Waals surface area contributed by atoms with Crippen molar-refractivity contribution in [2.45, 2.75) is 20.3 Å². The first-order valence-electron chi connectivity index (χ1n) is 4.18. The van der Waals surface area contributed by atoms with Gasteiger partial charge in [-0.15, -0.1) is 0 Å². The maximum Gasteiger partial charge on any atom is 0.317 e. The largest absolute Gasteiger partial charge is 0.354 e. The summed E-state index contributed by atoms with van der Waals surface area (Å²) >= 11 is 0. The van der Waals surface area contributed by atoms with E-state index in [0.29, 0.717) is 12.5 Å². The molecule has 0 saturated heterocycles. The quantitative estimate of drug-likeness (QED) is 0.626. The number of carbonyl (C=O) groups is 1. The van der Waals surface area contributed by atoms with Crippen LogP contribution in [0.15, 0.2) is 0 Å². The molecule has 13 heavy (non-hydrogen) atoms. The lowest BCUT2D eigenvalue weighted by atomic mass is 10.1.